The largest absolute Gasteiger partial charge is 0.383 e. The number of nitrogens with two attached hydrogens (primary N) is 2. The zero-order chi connectivity index (χ0) is 19.6. The predicted octanol–water partition coefficient (Wildman–Crippen LogP) is 1.28. The molecular weight excluding hydrogens is 356 g/mol. The van der Waals surface area contributed by atoms with E-state index >= 15 is 0 Å². The van der Waals surface area contributed by atoms with Crippen LogP contribution >= 0.6 is 0 Å². The number of pyridine rings is 3. The molecule has 1 saturated carbocycles. The SMILES string of the molecule is Cc1ccncc1-c1cc2cc(N3CC4C(C(N)=O)C4C3=O)ncc2c(N)n1. The molecule has 0 bridgehead atoms. The van der Waals surface area contributed by atoms with Crippen molar-refractivity contribution in [3.63, 3.8) is 0 Å². The molecule has 4 N–H and O–H groups in total. The average Bonchev–Trinajstić information content (AvgIpc) is 3.31. The molecular formula is C20H18N6O2. The molecule has 0 aromatic carbocycles. The van der Waals surface area contributed by atoms with Crippen LogP contribution in [0.4, 0.5) is 11.6 Å². The van der Waals surface area contributed by atoms with E-state index in [2.05, 4.69) is 15.0 Å². The predicted molar refractivity (Wildman–Crippen MR) is 104 cm³/mol. The number of amides is 2. The second kappa shape index (κ2) is 5.72. The number of aryl methyl sites for hydroxylation is 1. The Morgan fingerprint density at radius 3 is 2.79 bits per heavy atom. The van der Waals surface area contributed by atoms with Gasteiger partial charge in [0.1, 0.15) is 11.6 Å². The number of rotatable bonds is 3. The van der Waals surface area contributed by atoms with Crippen LogP contribution in [0.3, 0.4) is 0 Å². The molecule has 2 amide bonds. The fraction of sp³-hybridized carbons (Fsp3) is 0.250. The number of hydrogen-bond donors (Lipinski definition) is 2. The monoisotopic (exact) mass is 374 g/mol. The highest BCUT2D eigenvalue weighted by molar-refractivity contribution is 6.05. The second-order valence-electron chi connectivity index (χ2n) is 7.41. The van der Waals surface area contributed by atoms with E-state index < -0.39 is 5.91 Å². The van der Waals surface area contributed by atoms with E-state index in [1.54, 1.807) is 23.5 Å². The van der Waals surface area contributed by atoms with Crippen LogP contribution < -0.4 is 16.4 Å². The Hall–Kier alpha value is -3.55. The van der Waals surface area contributed by atoms with Crippen molar-refractivity contribution in [2.45, 2.75) is 6.92 Å². The average molecular weight is 374 g/mol. The van der Waals surface area contributed by atoms with Gasteiger partial charge in [0.05, 0.1) is 17.5 Å². The highest BCUT2D eigenvalue weighted by Gasteiger charge is 2.64. The first-order valence-corrected chi connectivity index (χ1v) is 9.03. The zero-order valence-corrected chi connectivity index (χ0v) is 15.2. The fourth-order valence-corrected chi connectivity index (χ4v) is 4.19. The standard InChI is InChI=1S/C20H18N6O2/c1-9-2-3-23-6-11(9)14-4-10-5-15(24-7-12(10)18(21)25-14)26-8-13-16(19(22)27)17(13)20(26)28/h2-7,13,16-17H,8H2,1H3,(H2,21,25)(H2,22,27). The third kappa shape index (κ3) is 2.34. The molecule has 3 atom stereocenters. The number of anilines is 2. The Morgan fingerprint density at radius 1 is 1.29 bits per heavy atom. The normalized spacial score (nSPS) is 23.1. The van der Waals surface area contributed by atoms with Gasteiger partial charge < -0.3 is 11.5 Å². The van der Waals surface area contributed by atoms with Gasteiger partial charge in [-0.25, -0.2) is 9.97 Å². The molecule has 3 aromatic rings. The van der Waals surface area contributed by atoms with E-state index in [0.29, 0.717) is 18.2 Å². The van der Waals surface area contributed by atoms with E-state index in [-0.39, 0.29) is 23.7 Å². The lowest BCUT2D eigenvalue weighted by atomic mass is 10.1. The molecule has 2 fully saturated rings. The van der Waals surface area contributed by atoms with Crippen molar-refractivity contribution in [3.8, 4) is 11.3 Å². The van der Waals surface area contributed by atoms with Crippen LogP contribution in [0.5, 0.6) is 0 Å². The van der Waals surface area contributed by atoms with E-state index in [9.17, 15) is 9.59 Å². The number of fused-ring (bicyclic) bond motifs is 2. The van der Waals surface area contributed by atoms with Crippen molar-refractivity contribution in [2.24, 2.45) is 23.5 Å². The summed E-state index contributed by atoms with van der Waals surface area (Å²) in [5, 5.41) is 1.57. The van der Waals surface area contributed by atoms with Crippen molar-refractivity contribution in [1.82, 2.24) is 15.0 Å². The topological polar surface area (TPSA) is 128 Å². The molecule has 2 aliphatic rings. The van der Waals surface area contributed by atoms with Gasteiger partial charge in [0, 0.05) is 42.0 Å². The van der Waals surface area contributed by atoms with Gasteiger partial charge in [-0.05, 0) is 36.1 Å². The maximum absolute atomic E-state index is 12.6. The third-order valence-electron chi connectivity index (χ3n) is 5.76. The molecule has 8 nitrogen and oxygen atoms in total. The highest BCUT2D eigenvalue weighted by atomic mass is 16.2. The summed E-state index contributed by atoms with van der Waals surface area (Å²) in [4.78, 5) is 38.7. The number of primary amides is 1. The number of nitrogens with zero attached hydrogens (tertiary/aromatic N) is 4. The van der Waals surface area contributed by atoms with Crippen LogP contribution in [0.1, 0.15) is 5.56 Å². The lowest BCUT2D eigenvalue weighted by molar-refractivity contribution is -0.124. The molecule has 1 aliphatic heterocycles. The summed E-state index contributed by atoms with van der Waals surface area (Å²) in [6.45, 7) is 2.45. The van der Waals surface area contributed by atoms with Crippen molar-refractivity contribution in [3.05, 3.63) is 42.4 Å². The van der Waals surface area contributed by atoms with Crippen LogP contribution in [0.15, 0.2) is 36.8 Å². The van der Waals surface area contributed by atoms with Crippen LogP contribution in [-0.4, -0.2) is 33.3 Å². The molecule has 1 aliphatic carbocycles. The van der Waals surface area contributed by atoms with Gasteiger partial charge in [0.2, 0.25) is 11.8 Å². The molecule has 28 heavy (non-hydrogen) atoms. The molecule has 5 rings (SSSR count). The van der Waals surface area contributed by atoms with Gasteiger partial charge in [-0.2, -0.15) is 0 Å². The lowest BCUT2D eigenvalue weighted by Gasteiger charge is -2.19. The Bertz CT molecular complexity index is 1160. The van der Waals surface area contributed by atoms with Gasteiger partial charge in [0.15, 0.2) is 0 Å². The smallest absolute Gasteiger partial charge is 0.232 e. The quantitative estimate of drug-likeness (QED) is 0.711. The van der Waals surface area contributed by atoms with Crippen molar-refractivity contribution >= 4 is 34.2 Å². The molecule has 8 heteroatoms. The minimum atomic E-state index is -0.398. The first kappa shape index (κ1) is 16.6. The van der Waals surface area contributed by atoms with Crippen LogP contribution in [0.2, 0.25) is 0 Å². The number of nitrogen functional groups attached to an aromatic ring is 1. The minimum absolute atomic E-state index is 0.00129. The summed E-state index contributed by atoms with van der Waals surface area (Å²) in [5.74, 6) is -0.198. The Morgan fingerprint density at radius 2 is 2.11 bits per heavy atom. The maximum atomic E-state index is 12.6. The summed E-state index contributed by atoms with van der Waals surface area (Å²) < 4.78 is 0. The Labute approximate surface area is 160 Å². The van der Waals surface area contributed by atoms with E-state index in [1.165, 1.54) is 0 Å². The zero-order valence-electron chi connectivity index (χ0n) is 15.2. The summed E-state index contributed by atoms with van der Waals surface area (Å²) in [6, 6.07) is 5.68. The molecule has 1 saturated heterocycles. The van der Waals surface area contributed by atoms with Gasteiger partial charge >= 0.3 is 0 Å². The van der Waals surface area contributed by atoms with Crippen LogP contribution in [0.25, 0.3) is 22.0 Å². The molecule has 4 heterocycles. The van der Waals surface area contributed by atoms with Gasteiger partial charge in [-0.3, -0.25) is 19.5 Å². The highest BCUT2D eigenvalue weighted by Crippen LogP contribution is 2.53. The van der Waals surface area contributed by atoms with E-state index in [0.717, 1.165) is 27.6 Å². The minimum Gasteiger partial charge on any atom is -0.383 e. The summed E-state index contributed by atoms with van der Waals surface area (Å²) >= 11 is 0. The third-order valence-corrected chi connectivity index (χ3v) is 5.76. The second-order valence-corrected chi connectivity index (χ2v) is 7.41. The molecule has 0 spiro atoms. The number of aromatic nitrogens is 3. The number of hydrogen-bond acceptors (Lipinski definition) is 6. The van der Waals surface area contributed by atoms with Gasteiger partial charge in [-0.15, -0.1) is 0 Å². The van der Waals surface area contributed by atoms with E-state index in [1.807, 2.05) is 25.1 Å². The fourth-order valence-electron chi connectivity index (χ4n) is 4.19. The van der Waals surface area contributed by atoms with Crippen molar-refractivity contribution < 1.29 is 9.59 Å². The maximum Gasteiger partial charge on any atom is 0.232 e. The first-order chi connectivity index (χ1) is 13.5. The summed E-state index contributed by atoms with van der Waals surface area (Å²) in [7, 11) is 0. The van der Waals surface area contributed by atoms with E-state index in [4.69, 9.17) is 11.5 Å². The molecule has 3 unspecified atom stereocenters. The summed E-state index contributed by atoms with van der Waals surface area (Å²) in [6.07, 6.45) is 5.12. The van der Waals surface area contributed by atoms with Crippen molar-refractivity contribution in [2.75, 3.05) is 17.2 Å². The van der Waals surface area contributed by atoms with Gasteiger partial charge in [-0.1, -0.05) is 0 Å². The van der Waals surface area contributed by atoms with Gasteiger partial charge in [0.25, 0.3) is 0 Å². The summed E-state index contributed by atoms with van der Waals surface area (Å²) in [5.41, 5.74) is 14.2. The Kier molecular flexibility index (Phi) is 3.39. The van der Waals surface area contributed by atoms with Crippen molar-refractivity contribution in [1.29, 1.82) is 0 Å². The Balaban J connectivity index is 1.54. The van der Waals surface area contributed by atoms with Crippen LogP contribution in [-0.2, 0) is 9.59 Å². The molecule has 3 aromatic heterocycles. The molecule has 140 valence electrons. The lowest BCUT2D eigenvalue weighted by Crippen LogP contribution is -2.33. The number of carbonyl (C=O) groups excluding carboxylic acids is 2. The number of piperidine rings is 1. The molecule has 0 radical (unpaired) electrons. The first-order valence-electron chi connectivity index (χ1n) is 9.03. The number of carbonyl (C=O) groups is 2. The van der Waals surface area contributed by atoms with Crippen LogP contribution in [0, 0.1) is 24.7 Å².